The highest BCUT2D eigenvalue weighted by molar-refractivity contribution is 4.95. The molecule has 0 bridgehead atoms. The maximum atomic E-state index is 5.89. The van der Waals surface area contributed by atoms with Crippen molar-refractivity contribution >= 4 is 0 Å². The zero-order valence-corrected chi connectivity index (χ0v) is 15.8. The van der Waals surface area contributed by atoms with Gasteiger partial charge in [0.25, 0.3) is 0 Å². The predicted molar refractivity (Wildman–Crippen MR) is 95.1 cm³/mol. The first kappa shape index (κ1) is 22.1. The molecule has 0 saturated heterocycles. The summed E-state index contributed by atoms with van der Waals surface area (Å²) in [5, 5.41) is 0. The van der Waals surface area contributed by atoms with Crippen LogP contribution in [0.2, 0.25) is 0 Å². The topological polar surface area (TPSA) is 36.9 Å². The maximum Gasteiger partial charge on any atom is 0.321 e. The van der Waals surface area contributed by atoms with E-state index in [-0.39, 0.29) is 6.79 Å². The maximum absolute atomic E-state index is 5.89. The molecule has 0 aromatic carbocycles. The fourth-order valence-electron chi connectivity index (χ4n) is 1.92. The van der Waals surface area contributed by atoms with E-state index in [4.69, 9.17) is 18.9 Å². The first-order valence-electron chi connectivity index (χ1n) is 9.49. The van der Waals surface area contributed by atoms with Crippen molar-refractivity contribution < 1.29 is 18.9 Å². The fraction of sp³-hybridized carbons (Fsp3) is 0.895. The Morgan fingerprint density at radius 1 is 0.609 bits per heavy atom. The summed E-state index contributed by atoms with van der Waals surface area (Å²) >= 11 is 0. The van der Waals surface area contributed by atoms with Gasteiger partial charge in [-0.15, -0.1) is 0 Å². The van der Waals surface area contributed by atoms with E-state index < -0.39 is 0 Å². The van der Waals surface area contributed by atoms with Crippen LogP contribution in [0, 0.1) is 0 Å². The van der Waals surface area contributed by atoms with E-state index in [2.05, 4.69) is 27.7 Å². The molecule has 0 saturated carbocycles. The summed E-state index contributed by atoms with van der Waals surface area (Å²) in [4.78, 5) is 0. The molecule has 0 radical (unpaired) electrons. The average Bonchev–Trinajstić information content (AvgIpc) is 2.56. The Bertz CT molecular complexity index is 277. The third-order valence-corrected chi connectivity index (χ3v) is 3.38. The van der Waals surface area contributed by atoms with Gasteiger partial charge in [0, 0.05) is 6.42 Å². The Kier molecular flexibility index (Phi) is 16.8. The van der Waals surface area contributed by atoms with Crippen molar-refractivity contribution in [1.82, 2.24) is 0 Å². The van der Waals surface area contributed by atoms with E-state index in [0.29, 0.717) is 19.2 Å². The normalized spacial score (nSPS) is 12.0. The van der Waals surface area contributed by atoms with Gasteiger partial charge in [-0.2, -0.15) is 0 Å². The van der Waals surface area contributed by atoms with Gasteiger partial charge >= 0.3 is 5.95 Å². The van der Waals surface area contributed by atoms with E-state index in [9.17, 15) is 0 Å². The van der Waals surface area contributed by atoms with Gasteiger partial charge in [-0.05, 0) is 25.7 Å². The molecule has 0 atom stereocenters. The van der Waals surface area contributed by atoms with Gasteiger partial charge in [0.1, 0.15) is 0 Å². The van der Waals surface area contributed by atoms with E-state index in [1.165, 1.54) is 12.8 Å². The van der Waals surface area contributed by atoms with Crippen LogP contribution >= 0.6 is 0 Å². The summed E-state index contributed by atoms with van der Waals surface area (Å²) in [5.74, 6) is 1.35. The molecule has 0 aromatic rings. The number of allylic oxidation sites excluding steroid dienone is 1. The quantitative estimate of drug-likeness (QED) is 0.193. The standard InChI is InChI=1S/C19H38O4/c1-5-9-12-14-20-17-23-19(22-16-11-7-3)18(13-8-4)21-15-10-6-2/h5-17H2,1-4H3. The Morgan fingerprint density at radius 3 is 1.87 bits per heavy atom. The summed E-state index contributed by atoms with van der Waals surface area (Å²) in [6, 6.07) is 0. The molecule has 4 heteroatoms. The SMILES string of the molecule is CCCCCOCOC(OCCCC)=C(CCC)OCCCC. The minimum Gasteiger partial charge on any atom is -0.491 e. The van der Waals surface area contributed by atoms with Crippen molar-refractivity contribution in [3.8, 4) is 0 Å². The lowest BCUT2D eigenvalue weighted by molar-refractivity contribution is -0.0844. The summed E-state index contributed by atoms with van der Waals surface area (Å²) in [7, 11) is 0. The third kappa shape index (κ3) is 13.3. The summed E-state index contributed by atoms with van der Waals surface area (Å²) in [5.41, 5.74) is 0. The molecular weight excluding hydrogens is 292 g/mol. The molecule has 0 spiro atoms. The van der Waals surface area contributed by atoms with Gasteiger partial charge in [0.2, 0.25) is 0 Å². The Labute approximate surface area is 143 Å². The molecule has 23 heavy (non-hydrogen) atoms. The fourth-order valence-corrected chi connectivity index (χ4v) is 1.92. The van der Waals surface area contributed by atoms with Gasteiger partial charge in [-0.25, -0.2) is 0 Å². The van der Waals surface area contributed by atoms with Crippen LogP contribution in [0.25, 0.3) is 0 Å². The van der Waals surface area contributed by atoms with Gasteiger partial charge in [-0.1, -0.05) is 53.4 Å². The lowest BCUT2D eigenvalue weighted by Gasteiger charge is -2.17. The highest BCUT2D eigenvalue weighted by Gasteiger charge is 2.12. The van der Waals surface area contributed by atoms with Gasteiger partial charge in [-0.3, -0.25) is 0 Å². The number of rotatable bonds is 17. The highest BCUT2D eigenvalue weighted by atomic mass is 16.7. The Hall–Kier alpha value is -0.900. The molecule has 138 valence electrons. The molecule has 0 aliphatic rings. The molecule has 0 aliphatic heterocycles. The van der Waals surface area contributed by atoms with E-state index in [0.717, 1.165) is 57.3 Å². The largest absolute Gasteiger partial charge is 0.491 e. The number of hydrogen-bond acceptors (Lipinski definition) is 4. The first-order chi connectivity index (χ1) is 11.3. The molecule has 0 heterocycles. The molecule has 0 aromatic heterocycles. The van der Waals surface area contributed by atoms with E-state index in [1.807, 2.05) is 0 Å². The van der Waals surface area contributed by atoms with Crippen LogP contribution in [0.3, 0.4) is 0 Å². The molecule has 4 nitrogen and oxygen atoms in total. The smallest absolute Gasteiger partial charge is 0.321 e. The van der Waals surface area contributed by atoms with Crippen LogP contribution in [-0.4, -0.2) is 26.6 Å². The van der Waals surface area contributed by atoms with Crippen LogP contribution < -0.4 is 0 Å². The van der Waals surface area contributed by atoms with E-state index >= 15 is 0 Å². The lowest BCUT2D eigenvalue weighted by Crippen LogP contribution is -2.10. The van der Waals surface area contributed by atoms with Crippen LogP contribution in [0.5, 0.6) is 0 Å². The molecule has 0 unspecified atom stereocenters. The van der Waals surface area contributed by atoms with Crippen molar-refractivity contribution in [1.29, 1.82) is 0 Å². The average molecular weight is 331 g/mol. The minimum atomic E-state index is 0.232. The molecular formula is C19H38O4. The number of ether oxygens (including phenoxy) is 4. The molecule has 0 amide bonds. The lowest BCUT2D eigenvalue weighted by atomic mass is 10.3. The Morgan fingerprint density at radius 2 is 1.26 bits per heavy atom. The van der Waals surface area contributed by atoms with Crippen molar-refractivity contribution in [3.63, 3.8) is 0 Å². The van der Waals surface area contributed by atoms with Crippen molar-refractivity contribution in [2.45, 2.75) is 85.5 Å². The Balaban J connectivity index is 4.45. The van der Waals surface area contributed by atoms with Crippen LogP contribution in [0.15, 0.2) is 11.7 Å². The predicted octanol–water partition coefficient (Wildman–Crippen LogP) is 5.77. The van der Waals surface area contributed by atoms with Crippen LogP contribution in [0.1, 0.15) is 85.5 Å². The molecule has 0 aliphatic carbocycles. The number of hydrogen-bond donors (Lipinski definition) is 0. The molecule has 0 fully saturated rings. The monoisotopic (exact) mass is 330 g/mol. The van der Waals surface area contributed by atoms with Crippen LogP contribution in [0.4, 0.5) is 0 Å². The summed E-state index contributed by atoms with van der Waals surface area (Å²) in [6.45, 7) is 11.0. The van der Waals surface area contributed by atoms with Gasteiger partial charge in [0.15, 0.2) is 12.6 Å². The number of unbranched alkanes of at least 4 members (excludes halogenated alkanes) is 4. The zero-order valence-electron chi connectivity index (χ0n) is 15.8. The van der Waals surface area contributed by atoms with E-state index in [1.54, 1.807) is 0 Å². The second-order valence-electron chi connectivity index (χ2n) is 5.74. The molecule has 0 rings (SSSR count). The second-order valence-corrected chi connectivity index (χ2v) is 5.74. The molecule has 0 N–H and O–H groups in total. The summed E-state index contributed by atoms with van der Waals surface area (Å²) in [6.07, 6.45) is 9.57. The first-order valence-corrected chi connectivity index (χ1v) is 9.49. The van der Waals surface area contributed by atoms with Gasteiger partial charge < -0.3 is 18.9 Å². The third-order valence-electron chi connectivity index (χ3n) is 3.38. The zero-order chi connectivity index (χ0) is 17.2. The minimum absolute atomic E-state index is 0.232. The van der Waals surface area contributed by atoms with Crippen molar-refractivity contribution in [2.75, 3.05) is 26.6 Å². The van der Waals surface area contributed by atoms with Gasteiger partial charge in [0.05, 0.1) is 19.8 Å². The van der Waals surface area contributed by atoms with Crippen molar-refractivity contribution in [2.24, 2.45) is 0 Å². The summed E-state index contributed by atoms with van der Waals surface area (Å²) < 4.78 is 23.0. The van der Waals surface area contributed by atoms with Crippen LogP contribution in [-0.2, 0) is 18.9 Å². The second kappa shape index (κ2) is 17.5. The van der Waals surface area contributed by atoms with Crippen molar-refractivity contribution in [3.05, 3.63) is 11.7 Å². The highest BCUT2D eigenvalue weighted by Crippen LogP contribution is 2.17.